The highest BCUT2D eigenvalue weighted by Crippen LogP contribution is 2.28. The third-order valence-electron chi connectivity index (χ3n) is 4.03. The zero-order valence-corrected chi connectivity index (χ0v) is 14.7. The van der Waals surface area contributed by atoms with Crippen molar-refractivity contribution in [3.05, 3.63) is 59.7 Å². The van der Waals surface area contributed by atoms with Gasteiger partial charge in [0, 0.05) is 11.3 Å². The van der Waals surface area contributed by atoms with Crippen molar-refractivity contribution >= 4 is 33.2 Å². The summed E-state index contributed by atoms with van der Waals surface area (Å²) in [5.74, 6) is -1.51. The lowest BCUT2D eigenvalue weighted by molar-refractivity contribution is -0.119. The van der Waals surface area contributed by atoms with E-state index >= 15 is 0 Å². The average molecular weight is 358 g/mol. The third-order valence-corrected chi connectivity index (χ3v) is 5.90. The number of nitrogens with zero attached hydrogens (tertiary/aromatic N) is 1. The molecule has 130 valence electrons. The second-order valence-corrected chi connectivity index (χ2v) is 8.01. The van der Waals surface area contributed by atoms with Crippen molar-refractivity contribution in [2.45, 2.75) is 13.8 Å². The summed E-state index contributed by atoms with van der Waals surface area (Å²) in [5.41, 5.74) is 2.39. The van der Waals surface area contributed by atoms with E-state index in [1.807, 2.05) is 19.1 Å². The van der Waals surface area contributed by atoms with E-state index in [1.165, 1.54) is 24.3 Å². The first kappa shape index (κ1) is 17.2. The Hall–Kier alpha value is -2.67. The fourth-order valence-electron chi connectivity index (χ4n) is 2.68. The standard InChI is InChI=1S/C18H18N2O4S/c1-12-3-7-15(8-4-12)19-17(21)14-5-9-16(10-6-14)20-18(22)13(2)11-25(20,23)24/h3-10,13H,11H2,1-2H3,(H,19,21). The van der Waals surface area contributed by atoms with Crippen LogP contribution in [-0.2, 0) is 14.8 Å². The molecule has 1 N–H and O–H groups in total. The van der Waals surface area contributed by atoms with Crippen molar-refractivity contribution in [3.8, 4) is 0 Å². The molecule has 1 saturated heterocycles. The number of rotatable bonds is 3. The van der Waals surface area contributed by atoms with E-state index in [-0.39, 0.29) is 17.3 Å². The van der Waals surface area contributed by atoms with Gasteiger partial charge < -0.3 is 5.32 Å². The van der Waals surface area contributed by atoms with Crippen molar-refractivity contribution < 1.29 is 18.0 Å². The molecule has 0 radical (unpaired) electrons. The van der Waals surface area contributed by atoms with Crippen LogP contribution in [0, 0.1) is 12.8 Å². The Morgan fingerprint density at radius 1 is 1.08 bits per heavy atom. The number of anilines is 2. The monoisotopic (exact) mass is 358 g/mol. The Balaban J connectivity index is 1.79. The van der Waals surface area contributed by atoms with Crippen LogP contribution in [0.25, 0.3) is 0 Å². The second kappa shape index (κ2) is 6.33. The molecule has 0 aliphatic carbocycles. The fourth-order valence-corrected chi connectivity index (χ4v) is 4.50. The molecule has 0 spiro atoms. The maximum absolute atomic E-state index is 12.3. The molecule has 2 aromatic carbocycles. The Morgan fingerprint density at radius 2 is 1.68 bits per heavy atom. The summed E-state index contributed by atoms with van der Waals surface area (Å²) in [6, 6.07) is 13.3. The molecule has 1 aliphatic rings. The van der Waals surface area contributed by atoms with Gasteiger partial charge in [-0.25, -0.2) is 12.7 Å². The number of sulfonamides is 1. The Labute approximate surface area is 146 Å². The SMILES string of the molecule is Cc1ccc(NC(=O)c2ccc(N3C(=O)C(C)CS3(=O)=O)cc2)cc1. The van der Waals surface area contributed by atoms with Crippen molar-refractivity contribution in [3.63, 3.8) is 0 Å². The maximum atomic E-state index is 12.3. The van der Waals surface area contributed by atoms with E-state index in [2.05, 4.69) is 5.32 Å². The summed E-state index contributed by atoms with van der Waals surface area (Å²) < 4.78 is 25.0. The van der Waals surface area contributed by atoms with Crippen molar-refractivity contribution in [2.75, 3.05) is 15.4 Å². The normalized spacial score (nSPS) is 19.0. The van der Waals surface area contributed by atoms with Crippen LogP contribution in [0.3, 0.4) is 0 Å². The Kier molecular flexibility index (Phi) is 4.34. The maximum Gasteiger partial charge on any atom is 0.255 e. The van der Waals surface area contributed by atoms with Gasteiger partial charge in [0.25, 0.3) is 5.91 Å². The van der Waals surface area contributed by atoms with Gasteiger partial charge in [-0.3, -0.25) is 9.59 Å². The number of nitrogens with one attached hydrogen (secondary N) is 1. The number of amides is 2. The van der Waals surface area contributed by atoms with E-state index in [1.54, 1.807) is 19.1 Å². The van der Waals surface area contributed by atoms with E-state index in [9.17, 15) is 18.0 Å². The van der Waals surface area contributed by atoms with Crippen LogP contribution < -0.4 is 9.62 Å². The molecule has 1 unspecified atom stereocenters. The zero-order valence-electron chi connectivity index (χ0n) is 13.9. The highest BCUT2D eigenvalue weighted by Gasteiger charge is 2.41. The highest BCUT2D eigenvalue weighted by atomic mass is 32.2. The lowest BCUT2D eigenvalue weighted by Gasteiger charge is -2.15. The van der Waals surface area contributed by atoms with Gasteiger partial charge in [0.2, 0.25) is 15.9 Å². The number of hydrogen-bond donors (Lipinski definition) is 1. The minimum Gasteiger partial charge on any atom is -0.322 e. The molecule has 1 fully saturated rings. The molecule has 0 aromatic heterocycles. The van der Waals surface area contributed by atoms with Crippen LogP contribution >= 0.6 is 0 Å². The fraction of sp³-hybridized carbons (Fsp3) is 0.222. The minimum absolute atomic E-state index is 0.193. The van der Waals surface area contributed by atoms with Gasteiger partial charge in [0.05, 0.1) is 17.4 Å². The van der Waals surface area contributed by atoms with Crippen LogP contribution in [0.5, 0.6) is 0 Å². The number of aryl methyl sites for hydroxylation is 1. The van der Waals surface area contributed by atoms with Gasteiger partial charge in [-0.05, 0) is 43.3 Å². The van der Waals surface area contributed by atoms with Crippen molar-refractivity contribution in [1.82, 2.24) is 0 Å². The molecule has 7 heteroatoms. The van der Waals surface area contributed by atoms with E-state index in [0.717, 1.165) is 9.87 Å². The molecule has 6 nitrogen and oxygen atoms in total. The first-order chi connectivity index (χ1) is 11.8. The lowest BCUT2D eigenvalue weighted by atomic mass is 10.1. The van der Waals surface area contributed by atoms with E-state index in [0.29, 0.717) is 11.3 Å². The zero-order chi connectivity index (χ0) is 18.2. The van der Waals surface area contributed by atoms with Crippen molar-refractivity contribution in [1.29, 1.82) is 0 Å². The number of carbonyl (C=O) groups is 2. The predicted molar refractivity (Wildman–Crippen MR) is 96.0 cm³/mol. The summed E-state index contributed by atoms with van der Waals surface area (Å²) in [4.78, 5) is 24.3. The molecule has 0 bridgehead atoms. The minimum atomic E-state index is -3.64. The van der Waals surface area contributed by atoms with Gasteiger partial charge in [0.1, 0.15) is 0 Å². The lowest BCUT2D eigenvalue weighted by Crippen LogP contribution is -2.30. The van der Waals surface area contributed by atoms with Crippen LogP contribution in [0.4, 0.5) is 11.4 Å². The van der Waals surface area contributed by atoms with Crippen LogP contribution in [-0.4, -0.2) is 26.0 Å². The van der Waals surface area contributed by atoms with Gasteiger partial charge in [-0.1, -0.05) is 24.6 Å². The molecule has 1 atom stereocenters. The van der Waals surface area contributed by atoms with Crippen LogP contribution in [0.2, 0.25) is 0 Å². The number of hydrogen-bond acceptors (Lipinski definition) is 4. The summed E-state index contributed by atoms with van der Waals surface area (Å²) in [7, 11) is -3.64. The van der Waals surface area contributed by atoms with Crippen LogP contribution in [0.1, 0.15) is 22.8 Å². The molecule has 25 heavy (non-hydrogen) atoms. The molecule has 2 amide bonds. The molecule has 0 saturated carbocycles. The quantitative estimate of drug-likeness (QED) is 0.914. The summed E-state index contributed by atoms with van der Waals surface area (Å²) in [6.07, 6.45) is 0. The van der Waals surface area contributed by atoms with E-state index < -0.39 is 21.8 Å². The van der Waals surface area contributed by atoms with Gasteiger partial charge in [-0.15, -0.1) is 0 Å². The molecule has 1 aliphatic heterocycles. The molecule has 2 aromatic rings. The number of carbonyl (C=O) groups excluding carboxylic acids is 2. The molecular weight excluding hydrogens is 340 g/mol. The van der Waals surface area contributed by atoms with Gasteiger partial charge in [0.15, 0.2) is 0 Å². The third kappa shape index (κ3) is 3.41. The molecule has 3 rings (SSSR count). The Morgan fingerprint density at radius 3 is 2.20 bits per heavy atom. The predicted octanol–water partition coefficient (Wildman–Crippen LogP) is 2.56. The first-order valence-corrected chi connectivity index (χ1v) is 9.44. The Bertz CT molecular complexity index is 919. The van der Waals surface area contributed by atoms with Gasteiger partial charge in [-0.2, -0.15) is 0 Å². The smallest absolute Gasteiger partial charge is 0.255 e. The summed E-state index contributed by atoms with van der Waals surface area (Å²) in [5, 5.41) is 2.77. The highest BCUT2D eigenvalue weighted by molar-refractivity contribution is 7.94. The summed E-state index contributed by atoms with van der Waals surface area (Å²) >= 11 is 0. The van der Waals surface area contributed by atoms with Crippen molar-refractivity contribution in [2.24, 2.45) is 5.92 Å². The first-order valence-electron chi connectivity index (χ1n) is 7.83. The summed E-state index contributed by atoms with van der Waals surface area (Å²) in [6.45, 7) is 3.54. The molecular formula is C18H18N2O4S. The van der Waals surface area contributed by atoms with E-state index in [4.69, 9.17) is 0 Å². The topological polar surface area (TPSA) is 83.6 Å². The van der Waals surface area contributed by atoms with Gasteiger partial charge >= 0.3 is 0 Å². The average Bonchev–Trinajstić information content (AvgIpc) is 2.77. The molecule has 1 heterocycles. The number of benzene rings is 2. The van der Waals surface area contributed by atoms with Crippen LogP contribution in [0.15, 0.2) is 48.5 Å². The largest absolute Gasteiger partial charge is 0.322 e. The second-order valence-electron chi connectivity index (χ2n) is 6.15.